The van der Waals surface area contributed by atoms with Crippen LogP contribution >= 0.6 is 24.0 Å². The van der Waals surface area contributed by atoms with Crippen molar-refractivity contribution in [3.05, 3.63) is 35.9 Å². The average Bonchev–Trinajstić information content (AvgIpc) is 2.94. The van der Waals surface area contributed by atoms with Gasteiger partial charge in [0.2, 0.25) is 0 Å². The van der Waals surface area contributed by atoms with Crippen molar-refractivity contribution in [2.75, 3.05) is 33.7 Å². The van der Waals surface area contributed by atoms with Gasteiger partial charge in [0.1, 0.15) is 0 Å². The summed E-state index contributed by atoms with van der Waals surface area (Å²) in [4.78, 5) is 9.71. The molecule has 5 nitrogen and oxygen atoms in total. The van der Waals surface area contributed by atoms with Crippen LogP contribution in [0, 0.1) is 5.92 Å². The molecule has 0 aromatic heterocycles. The lowest BCUT2D eigenvalue weighted by Crippen LogP contribution is -2.53. The van der Waals surface area contributed by atoms with Crippen molar-refractivity contribution >= 4 is 29.9 Å². The third-order valence-corrected chi connectivity index (χ3v) is 6.94. The number of aliphatic imine (C=N–C) groups is 1. The van der Waals surface area contributed by atoms with Crippen LogP contribution in [0.15, 0.2) is 35.3 Å². The lowest BCUT2D eigenvalue weighted by atomic mass is 9.96. The van der Waals surface area contributed by atoms with Gasteiger partial charge < -0.3 is 15.5 Å². The monoisotopic (exact) mass is 511 g/mol. The number of benzene rings is 1. The molecule has 0 spiro atoms. The Morgan fingerprint density at radius 2 is 1.83 bits per heavy atom. The second-order valence-electron chi connectivity index (χ2n) is 9.08. The van der Waals surface area contributed by atoms with Gasteiger partial charge in [-0.05, 0) is 63.6 Å². The highest BCUT2D eigenvalue weighted by Crippen LogP contribution is 2.36. The lowest BCUT2D eigenvalue weighted by molar-refractivity contribution is 0.114. The summed E-state index contributed by atoms with van der Waals surface area (Å²) in [7, 11) is 4.14. The number of rotatable bonds is 5. The van der Waals surface area contributed by atoms with Crippen molar-refractivity contribution in [1.29, 1.82) is 0 Å². The van der Waals surface area contributed by atoms with E-state index in [1.54, 1.807) is 0 Å². The number of nitrogens with one attached hydrogen (secondary N) is 2. The summed E-state index contributed by atoms with van der Waals surface area (Å²) in [6, 6.07) is 12.9. The molecule has 162 valence electrons. The fraction of sp³-hybridized carbons (Fsp3) is 0.696. The Morgan fingerprint density at radius 3 is 2.48 bits per heavy atom. The van der Waals surface area contributed by atoms with Gasteiger partial charge in [-0.15, -0.1) is 24.0 Å². The molecule has 1 aromatic carbocycles. The van der Waals surface area contributed by atoms with Gasteiger partial charge in [0.25, 0.3) is 0 Å². The summed E-state index contributed by atoms with van der Waals surface area (Å²) < 4.78 is 0. The number of hydrogen-bond acceptors (Lipinski definition) is 3. The van der Waals surface area contributed by atoms with E-state index in [1.807, 2.05) is 7.05 Å². The van der Waals surface area contributed by atoms with Crippen LogP contribution in [0.1, 0.15) is 44.1 Å². The number of piperidine rings is 2. The lowest BCUT2D eigenvalue weighted by Gasteiger charge is -2.39. The first-order valence-corrected chi connectivity index (χ1v) is 11.2. The Morgan fingerprint density at radius 1 is 1.10 bits per heavy atom. The van der Waals surface area contributed by atoms with Crippen molar-refractivity contribution < 1.29 is 0 Å². The molecule has 0 amide bonds. The minimum absolute atomic E-state index is 0. The summed E-state index contributed by atoms with van der Waals surface area (Å²) in [5, 5.41) is 7.35. The molecule has 3 heterocycles. The molecule has 3 unspecified atom stereocenters. The van der Waals surface area contributed by atoms with Crippen LogP contribution in [0.4, 0.5) is 0 Å². The number of likely N-dealkylation sites (tertiary alicyclic amines) is 1. The van der Waals surface area contributed by atoms with E-state index in [0.29, 0.717) is 18.1 Å². The van der Waals surface area contributed by atoms with Crippen LogP contribution in [0.3, 0.4) is 0 Å². The minimum atomic E-state index is 0. The smallest absolute Gasteiger partial charge is 0.191 e. The predicted molar refractivity (Wildman–Crippen MR) is 132 cm³/mol. The fourth-order valence-electron chi connectivity index (χ4n) is 5.51. The van der Waals surface area contributed by atoms with Crippen LogP contribution < -0.4 is 10.6 Å². The summed E-state index contributed by atoms with van der Waals surface area (Å²) in [5.41, 5.74) is 1.45. The molecule has 3 fully saturated rings. The molecule has 1 aromatic rings. The maximum atomic E-state index is 4.51. The zero-order valence-corrected chi connectivity index (χ0v) is 20.3. The third kappa shape index (κ3) is 6.07. The molecular weight excluding hydrogens is 473 g/mol. The van der Waals surface area contributed by atoms with Crippen molar-refractivity contribution in [2.45, 2.75) is 63.2 Å². The van der Waals surface area contributed by atoms with Crippen LogP contribution in [-0.2, 0) is 6.54 Å². The van der Waals surface area contributed by atoms with Gasteiger partial charge in [-0.2, -0.15) is 0 Å². The van der Waals surface area contributed by atoms with Gasteiger partial charge in [-0.1, -0.05) is 30.3 Å². The van der Waals surface area contributed by atoms with Crippen LogP contribution in [0.2, 0.25) is 0 Å². The van der Waals surface area contributed by atoms with Crippen LogP contribution in [0.25, 0.3) is 0 Å². The van der Waals surface area contributed by atoms with Gasteiger partial charge in [-0.25, -0.2) is 0 Å². The van der Waals surface area contributed by atoms with Crippen molar-refractivity contribution in [2.24, 2.45) is 10.9 Å². The molecular formula is C23H38IN5. The Balaban J connectivity index is 0.00000240. The van der Waals surface area contributed by atoms with E-state index in [4.69, 9.17) is 0 Å². The largest absolute Gasteiger partial charge is 0.356 e. The summed E-state index contributed by atoms with van der Waals surface area (Å²) in [5.74, 6) is 1.73. The summed E-state index contributed by atoms with van der Waals surface area (Å²) in [6.07, 6.45) is 7.80. The molecule has 2 N–H and O–H groups in total. The molecule has 0 saturated carbocycles. The van der Waals surface area contributed by atoms with E-state index < -0.39 is 0 Å². The Bertz CT molecular complexity index is 638. The maximum absolute atomic E-state index is 4.51. The number of guanidine groups is 1. The van der Waals surface area contributed by atoms with E-state index in [-0.39, 0.29) is 24.0 Å². The first kappa shape index (κ1) is 22.8. The molecule has 3 aliphatic rings. The van der Waals surface area contributed by atoms with Crippen molar-refractivity contribution in [3.8, 4) is 0 Å². The first-order valence-electron chi connectivity index (χ1n) is 11.2. The Labute approximate surface area is 193 Å². The molecule has 3 aliphatic heterocycles. The Kier molecular flexibility index (Phi) is 8.62. The topological polar surface area (TPSA) is 42.9 Å². The quantitative estimate of drug-likeness (QED) is 0.362. The second-order valence-corrected chi connectivity index (χ2v) is 9.08. The van der Waals surface area contributed by atoms with Crippen LogP contribution in [0.5, 0.6) is 0 Å². The number of fused-ring (bicyclic) bond motifs is 2. The van der Waals surface area contributed by atoms with Crippen molar-refractivity contribution in [3.63, 3.8) is 0 Å². The van der Waals surface area contributed by atoms with Gasteiger partial charge in [0, 0.05) is 44.8 Å². The van der Waals surface area contributed by atoms with Gasteiger partial charge >= 0.3 is 0 Å². The normalized spacial score (nSPS) is 30.6. The highest BCUT2D eigenvalue weighted by molar-refractivity contribution is 14.0. The fourth-order valence-corrected chi connectivity index (χ4v) is 5.51. The summed E-state index contributed by atoms with van der Waals surface area (Å²) >= 11 is 0. The summed E-state index contributed by atoms with van der Waals surface area (Å²) in [6.45, 7) is 4.58. The SMILES string of the molecule is CN=C(NCC1CCCN(C)C1)NC1CC2CCC(C1)N2Cc1ccccc1.I. The van der Waals surface area contributed by atoms with E-state index in [2.05, 4.69) is 62.8 Å². The van der Waals surface area contributed by atoms with Crippen LogP contribution in [-0.4, -0.2) is 67.6 Å². The molecule has 4 rings (SSSR count). The maximum Gasteiger partial charge on any atom is 0.191 e. The molecule has 29 heavy (non-hydrogen) atoms. The van der Waals surface area contributed by atoms with E-state index >= 15 is 0 Å². The average molecular weight is 511 g/mol. The molecule has 2 bridgehead atoms. The zero-order valence-electron chi connectivity index (χ0n) is 18.0. The zero-order chi connectivity index (χ0) is 19.3. The van der Waals surface area contributed by atoms with E-state index in [1.165, 1.54) is 57.2 Å². The van der Waals surface area contributed by atoms with E-state index in [9.17, 15) is 0 Å². The molecule has 6 heteroatoms. The molecule has 0 radical (unpaired) electrons. The predicted octanol–water partition coefficient (Wildman–Crippen LogP) is 3.31. The van der Waals surface area contributed by atoms with Gasteiger partial charge in [-0.3, -0.25) is 9.89 Å². The van der Waals surface area contributed by atoms with Crippen molar-refractivity contribution in [1.82, 2.24) is 20.4 Å². The van der Waals surface area contributed by atoms with Gasteiger partial charge in [0.15, 0.2) is 5.96 Å². The number of halogens is 1. The number of hydrogen-bond donors (Lipinski definition) is 2. The van der Waals surface area contributed by atoms with Gasteiger partial charge in [0.05, 0.1) is 0 Å². The molecule has 0 aliphatic carbocycles. The molecule has 3 saturated heterocycles. The molecule has 3 atom stereocenters. The Hall–Kier alpha value is -0.860. The minimum Gasteiger partial charge on any atom is -0.356 e. The first-order chi connectivity index (χ1) is 13.7. The number of nitrogens with zero attached hydrogens (tertiary/aromatic N) is 3. The second kappa shape index (κ2) is 11.0. The highest BCUT2D eigenvalue weighted by Gasteiger charge is 2.40. The van der Waals surface area contributed by atoms with E-state index in [0.717, 1.165) is 25.0 Å². The highest BCUT2D eigenvalue weighted by atomic mass is 127. The standard InChI is InChI=1S/C23H37N5.HI/c1-24-23(25-15-19-9-6-12-27(2)16-19)26-20-13-21-10-11-22(14-20)28(21)17-18-7-4-3-5-8-18;/h3-5,7-8,19-22H,6,9-17H2,1-2H3,(H2,24,25,26);1H. The third-order valence-electron chi connectivity index (χ3n) is 6.94.